The predicted octanol–water partition coefficient (Wildman–Crippen LogP) is 6.96. The molecule has 0 aliphatic carbocycles. The minimum Gasteiger partial charge on any atom is -0.367 e. The van der Waals surface area contributed by atoms with Crippen LogP contribution in [0.4, 0.5) is 5.82 Å². The Morgan fingerprint density at radius 3 is 2.19 bits per heavy atom. The minimum absolute atomic E-state index is 0.0158. The maximum absolute atomic E-state index is 13.5. The van der Waals surface area contributed by atoms with Crippen LogP contribution in [0.5, 0.6) is 0 Å². The topological polar surface area (TPSA) is 58.1 Å². The van der Waals surface area contributed by atoms with Gasteiger partial charge in [-0.3, -0.25) is 4.79 Å². The summed E-state index contributed by atoms with van der Waals surface area (Å²) in [6.45, 7) is 5.24. The number of hydrogen-bond donors (Lipinski definition) is 1. The molecule has 1 aromatic heterocycles. The largest absolute Gasteiger partial charge is 0.367 e. The number of carbonyl (C=O) groups is 1. The first kappa shape index (κ1) is 24.2. The van der Waals surface area contributed by atoms with Gasteiger partial charge in [-0.25, -0.2) is 9.97 Å². The molecule has 0 unspecified atom stereocenters. The Labute approximate surface area is 217 Å². The molecule has 0 aliphatic heterocycles. The van der Waals surface area contributed by atoms with Gasteiger partial charge in [0.1, 0.15) is 12.1 Å². The fourth-order valence-corrected chi connectivity index (χ4v) is 4.46. The highest BCUT2D eigenvalue weighted by Gasteiger charge is 2.17. The van der Waals surface area contributed by atoms with Crippen molar-refractivity contribution in [2.75, 3.05) is 5.32 Å². The number of aromatic nitrogens is 2. The summed E-state index contributed by atoms with van der Waals surface area (Å²) in [4.78, 5) is 24.3. The number of rotatable bonds is 8. The average molecular weight is 487 g/mol. The van der Waals surface area contributed by atoms with Gasteiger partial charge >= 0.3 is 0 Å². The van der Waals surface area contributed by atoms with Crippen molar-refractivity contribution in [1.29, 1.82) is 0 Å². The molecule has 0 saturated heterocycles. The van der Waals surface area contributed by atoms with Gasteiger partial charge in [-0.05, 0) is 66.4 Å². The van der Waals surface area contributed by atoms with Crippen molar-refractivity contribution >= 4 is 22.6 Å². The van der Waals surface area contributed by atoms with Crippen LogP contribution in [0, 0.1) is 0 Å². The van der Waals surface area contributed by atoms with Gasteiger partial charge in [0, 0.05) is 30.1 Å². The molecule has 5 nitrogen and oxygen atoms in total. The van der Waals surface area contributed by atoms with Crippen LogP contribution in [0.15, 0.2) is 109 Å². The highest BCUT2D eigenvalue weighted by atomic mass is 16.2. The van der Waals surface area contributed by atoms with Crippen LogP contribution in [0.25, 0.3) is 22.0 Å². The van der Waals surface area contributed by atoms with E-state index in [1.807, 2.05) is 59.5 Å². The average Bonchev–Trinajstić information content (AvgIpc) is 2.93. The number of hydrogen-bond acceptors (Lipinski definition) is 4. The zero-order chi connectivity index (χ0) is 25.6. The quantitative estimate of drug-likeness (QED) is 0.258. The van der Waals surface area contributed by atoms with E-state index >= 15 is 0 Å². The summed E-state index contributed by atoms with van der Waals surface area (Å²) in [6.07, 6.45) is 1.60. The van der Waals surface area contributed by atoms with Gasteiger partial charge in [0.05, 0.1) is 5.52 Å². The maximum atomic E-state index is 13.5. The third kappa shape index (κ3) is 5.84. The third-order valence-corrected chi connectivity index (χ3v) is 6.22. The molecule has 4 aromatic carbocycles. The van der Waals surface area contributed by atoms with E-state index in [0.29, 0.717) is 18.7 Å². The lowest BCUT2D eigenvalue weighted by Crippen LogP contribution is -2.30. The van der Waals surface area contributed by atoms with E-state index in [2.05, 4.69) is 77.7 Å². The first-order valence-electron chi connectivity index (χ1n) is 12.6. The number of anilines is 1. The van der Waals surface area contributed by atoms with Crippen LogP contribution >= 0.6 is 0 Å². The van der Waals surface area contributed by atoms with E-state index in [4.69, 9.17) is 0 Å². The Morgan fingerprint density at radius 1 is 0.757 bits per heavy atom. The van der Waals surface area contributed by atoms with Gasteiger partial charge in [-0.1, -0.05) is 72.8 Å². The summed E-state index contributed by atoms with van der Waals surface area (Å²) in [7, 11) is 0. The number of amides is 1. The Kier molecular flexibility index (Phi) is 7.22. The van der Waals surface area contributed by atoms with E-state index in [1.54, 1.807) is 6.33 Å². The van der Waals surface area contributed by atoms with E-state index in [9.17, 15) is 4.79 Å². The number of nitrogens with one attached hydrogen (secondary N) is 1. The van der Waals surface area contributed by atoms with Gasteiger partial charge in [-0.15, -0.1) is 0 Å². The van der Waals surface area contributed by atoms with Crippen LogP contribution in [0.3, 0.4) is 0 Å². The molecule has 1 N–H and O–H groups in total. The number of fused-ring (bicyclic) bond motifs is 1. The monoisotopic (exact) mass is 486 g/mol. The Balaban J connectivity index is 1.46. The van der Waals surface area contributed by atoms with Gasteiger partial charge in [-0.2, -0.15) is 0 Å². The lowest BCUT2D eigenvalue weighted by atomic mass is 10.0. The molecule has 1 amide bonds. The van der Waals surface area contributed by atoms with Crippen molar-refractivity contribution in [2.45, 2.75) is 33.0 Å². The molecule has 5 rings (SSSR count). The van der Waals surface area contributed by atoms with Crippen molar-refractivity contribution in [3.05, 3.63) is 126 Å². The zero-order valence-corrected chi connectivity index (χ0v) is 21.1. The van der Waals surface area contributed by atoms with E-state index in [-0.39, 0.29) is 11.9 Å². The fraction of sp³-hybridized carbons (Fsp3) is 0.156. The molecule has 0 atom stereocenters. The molecule has 5 heteroatoms. The van der Waals surface area contributed by atoms with E-state index in [1.165, 1.54) is 0 Å². The van der Waals surface area contributed by atoms with Gasteiger partial charge in [0.15, 0.2) is 0 Å². The van der Waals surface area contributed by atoms with Crippen LogP contribution < -0.4 is 5.32 Å². The highest BCUT2D eigenvalue weighted by molar-refractivity contribution is 5.94. The summed E-state index contributed by atoms with van der Waals surface area (Å²) in [5, 5.41) is 4.41. The van der Waals surface area contributed by atoms with Crippen LogP contribution in [-0.2, 0) is 13.1 Å². The zero-order valence-electron chi connectivity index (χ0n) is 21.1. The van der Waals surface area contributed by atoms with Gasteiger partial charge in [0.25, 0.3) is 5.91 Å². The predicted molar refractivity (Wildman–Crippen MR) is 150 cm³/mol. The molecule has 0 saturated carbocycles. The second-order valence-electron chi connectivity index (χ2n) is 9.47. The number of carbonyl (C=O) groups excluding carboxylic acids is 1. The maximum Gasteiger partial charge on any atom is 0.254 e. The summed E-state index contributed by atoms with van der Waals surface area (Å²) in [5.74, 6) is 0.850. The highest BCUT2D eigenvalue weighted by Crippen LogP contribution is 2.28. The van der Waals surface area contributed by atoms with Crippen LogP contribution in [0.2, 0.25) is 0 Å². The lowest BCUT2D eigenvalue weighted by Gasteiger charge is -2.23. The third-order valence-electron chi connectivity index (χ3n) is 6.22. The summed E-state index contributed by atoms with van der Waals surface area (Å²) in [6, 6.07) is 34.5. The van der Waals surface area contributed by atoms with Crippen molar-refractivity contribution in [1.82, 2.24) is 14.9 Å². The molecule has 1 heterocycles. The van der Waals surface area contributed by atoms with Crippen molar-refractivity contribution in [3.8, 4) is 11.1 Å². The number of benzene rings is 4. The van der Waals surface area contributed by atoms with Crippen molar-refractivity contribution in [3.63, 3.8) is 0 Å². The first-order chi connectivity index (χ1) is 18.1. The fourth-order valence-electron chi connectivity index (χ4n) is 4.46. The number of nitrogens with zero attached hydrogens (tertiary/aromatic N) is 3. The molecule has 0 fully saturated rings. The molecule has 0 aliphatic rings. The molecular formula is C32H30N4O. The lowest BCUT2D eigenvalue weighted by molar-refractivity contribution is 0.0730. The van der Waals surface area contributed by atoms with Gasteiger partial charge in [0.2, 0.25) is 0 Å². The molecule has 0 radical (unpaired) electrons. The van der Waals surface area contributed by atoms with Crippen molar-refractivity contribution in [2.24, 2.45) is 0 Å². The van der Waals surface area contributed by atoms with Gasteiger partial charge < -0.3 is 10.2 Å². The Morgan fingerprint density at radius 2 is 1.43 bits per heavy atom. The summed E-state index contributed by atoms with van der Waals surface area (Å²) in [5.41, 5.74) is 5.94. The summed E-state index contributed by atoms with van der Waals surface area (Å²) >= 11 is 0. The SMILES string of the molecule is CC(C)Nc1ncnc2ccc(-c3cccc(CN(Cc4ccccc4)C(=O)c4ccccc4)c3)cc12. The standard InChI is InChI=1S/C32H30N4O/c1-23(2)35-31-29-19-28(16-17-30(29)33-22-34-31)27-15-9-12-25(18-27)21-36(20-24-10-5-3-6-11-24)32(37)26-13-7-4-8-14-26/h3-19,22-23H,20-21H2,1-2H3,(H,33,34,35). The van der Waals surface area contributed by atoms with Crippen LogP contribution in [0.1, 0.15) is 35.3 Å². The second-order valence-corrected chi connectivity index (χ2v) is 9.47. The molecule has 37 heavy (non-hydrogen) atoms. The molecule has 5 aromatic rings. The Hall–Kier alpha value is -4.51. The normalized spacial score (nSPS) is 11.0. The minimum atomic E-state index is 0.0158. The first-order valence-corrected chi connectivity index (χ1v) is 12.6. The smallest absolute Gasteiger partial charge is 0.254 e. The molecule has 0 spiro atoms. The van der Waals surface area contributed by atoms with E-state index in [0.717, 1.165) is 39.0 Å². The van der Waals surface area contributed by atoms with Crippen molar-refractivity contribution < 1.29 is 4.79 Å². The summed E-state index contributed by atoms with van der Waals surface area (Å²) < 4.78 is 0. The van der Waals surface area contributed by atoms with E-state index < -0.39 is 0 Å². The molecule has 184 valence electrons. The second kappa shape index (κ2) is 11.0. The molecular weight excluding hydrogens is 456 g/mol. The Bertz CT molecular complexity index is 1500. The molecule has 0 bridgehead atoms. The van der Waals surface area contributed by atoms with Crippen LogP contribution in [-0.4, -0.2) is 26.8 Å².